The van der Waals surface area contributed by atoms with E-state index in [2.05, 4.69) is 32.7 Å². The molecule has 0 aliphatic carbocycles. The van der Waals surface area contributed by atoms with Gasteiger partial charge in [0.1, 0.15) is 5.82 Å². The molecule has 0 bridgehead atoms. The minimum Gasteiger partial charge on any atom is -0.390 e. The van der Waals surface area contributed by atoms with Crippen molar-refractivity contribution < 1.29 is 9.84 Å². The SMILES string of the molecule is C=c1c(-c2ccnc(N3CCOCC3)c2)n[nH]/c1=C/C=C(\C)CC(C)(C)O. The Labute approximate surface area is 159 Å². The fraction of sp³-hybridized carbons (Fsp3) is 0.429. The Hall–Kier alpha value is -2.44. The molecule has 3 heterocycles. The second-order valence-corrected chi connectivity index (χ2v) is 7.64. The second kappa shape index (κ2) is 8.06. The number of aromatic nitrogens is 3. The molecule has 27 heavy (non-hydrogen) atoms. The van der Waals surface area contributed by atoms with Gasteiger partial charge in [0.2, 0.25) is 0 Å². The number of hydrogen-bond donors (Lipinski definition) is 2. The average molecular weight is 368 g/mol. The Balaban J connectivity index is 1.86. The molecule has 1 aliphatic heterocycles. The fourth-order valence-corrected chi connectivity index (χ4v) is 3.25. The van der Waals surface area contributed by atoms with Gasteiger partial charge in [-0.15, -0.1) is 0 Å². The van der Waals surface area contributed by atoms with Gasteiger partial charge < -0.3 is 14.7 Å². The van der Waals surface area contributed by atoms with Crippen LogP contribution in [0.1, 0.15) is 27.2 Å². The van der Waals surface area contributed by atoms with E-state index >= 15 is 0 Å². The molecule has 144 valence electrons. The zero-order chi connectivity index (χ0) is 19.4. The summed E-state index contributed by atoms with van der Waals surface area (Å²) in [4.78, 5) is 6.71. The van der Waals surface area contributed by atoms with E-state index in [9.17, 15) is 5.11 Å². The molecule has 6 heteroatoms. The molecule has 6 nitrogen and oxygen atoms in total. The third-order valence-corrected chi connectivity index (χ3v) is 4.50. The fourth-order valence-electron chi connectivity index (χ4n) is 3.25. The smallest absolute Gasteiger partial charge is 0.129 e. The summed E-state index contributed by atoms with van der Waals surface area (Å²) < 4.78 is 5.41. The van der Waals surface area contributed by atoms with Crippen molar-refractivity contribution in [3.63, 3.8) is 0 Å². The lowest BCUT2D eigenvalue weighted by atomic mass is 9.99. The number of morpholine rings is 1. The molecule has 0 unspecified atom stereocenters. The molecule has 1 fully saturated rings. The molecule has 0 saturated carbocycles. The Morgan fingerprint density at radius 1 is 1.41 bits per heavy atom. The van der Waals surface area contributed by atoms with Crippen molar-refractivity contribution in [2.24, 2.45) is 0 Å². The lowest BCUT2D eigenvalue weighted by Gasteiger charge is -2.27. The molecule has 0 spiro atoms. The van der Waals surface area contributed by atoms with Crippen LogP contribution in [-0.4, -0.2) is 52.2 Å². The summed E-state index contributed by atoms with van der Waals surface area (Å²) >= 11 is 0. The van der Waals surface area contributed by atoms with Gasteiger partial charge in [0.25, 0.3) is 0 Å². The van der Waals surface area contributed by atoms with Gasteiger partial charge in [0, 0.05) is 30.1 Å². The van der Waals surface area contributed by atoms with E-state index in [1.54, 1.807) is 13.8 Å². The standard InChI is InChI=1S/C21H28N4O2/c1-15(14-21(3,4)26)5-6-18-16(2)20(24-23-18)17-7-8-22-19(13-17)25-9-11-27-12-10-25/h5-8,13,23,26H,2,9-12,14H2,1,3-4H3/b15-5+,18-6+. The number of nitrogens with one attached hydrogen (secondary N) is 1. The van der Waals surface area contributed by atoms with Gasteiger partial charge in [-0.05, 0) is 45.4 Å². The normalized spacial score (nSPS) is 16.8. The molecule has 0 amide bonds. The minimum atomic E-state index is -0.714. The zero-order valence-electron chi connectivity index (χ0n) is 16.3. The molecular weight excluding hydrogens is 340 g/mol. The van der Waals surface area contributed by atoms with Crippen molar-refractivity contribution in [3.05, 3.63) is 40.5 Å². The number of rotatable bonds is 5. The monoisotopic (exact) mass is 368 g/mol. The summed E-state index contributed by atoms with van der Waals surface area (Å²) in [7, 11) is 0. The Kier molecular flexibility index (Phi) is 5.77. The summed E-state index contributed by atoms with van der Waals surface area (Å²) in [5, 5.41) is 19.2. The molecule has 0 radical (unpaired) electrons. The van der Waals surface area contributed by atoms with Gasteiger partial charge in [-0.1, -0.05) is 18.2 Å². The highest BCUT2D eigenvalue weighted by Crippen LogP contribution is 2.19. The molecule has 2 N–H and O–H groups in total. The van der Waals surface area contributed by atoms with Gasteiger partial charge in [0.15, 0.2) is 0 Å². The van der Waals surface area contributed by atoms with Crippen LogP contribution in [0.5, 0.6) is 0 Å². The van der Waals surface area contributed by atoms with Crippen LogP contribution in [0, 0.1) is 0 Å². The van der Waals surface area contributed by atoms with Crippen LogP contribution in [0.25, 0.3) is 23.9 Å². The maximum absolute atomic E-state index is 9.92. The van der Waals surface area contributed by atoms with E-state index in [0.29, 0.717) is 6.42 Å². The van der Waals surface area contributed by atoms with Crippen molar-refractivity contribution in [2.75, 3.05) is 31.2 Å². The molecule has 0 atom stereocenters. The van der Waals surface area contributed by atoms with E-state index < -0.39 is 5.60 Å². The molecule has 2 aromatic heterocycles. The van der Waals surface area contributed by atoms with Gasteiger partial charge in [-0.3, -0.25) is 5.10 Å². The maximum atomic E-state index is 9.92. The highest BCUT2D eigenvalue weighted by molar-refractivity contribution is 5.64. The summed E-state index contributed by atoms with van der Waals surface area (Å²) in [5.41, 5.74) is 2.20. The molecule has 0 aromatic carbocycles. The number of nitrogens with zero attached hydrogens (tertiary/aromatic N) is 3. The number of aromatic amines is 1. The summed E-state index contributed by atoms with van der Waals surface area (Å²) in [6, 6.07) is 4.00. The van der Waals surface area contributed by atoms with E-state index in [4.69, 9.17) is 4.74 Å². The molecule has 1 saturated heterocycles. The number of aliphatic hydroxyl groups is 1. The van der Waals surface area contributed by atoms with Crippen LogP contribution in [0.4, 0.5) is 5.82 Å². The van der Waals surface area contributed by atoms with E-state index in [0.717, 1.165) is 59.5 Å². The lowest BCUT2D eigenvalue weighted by molar-refractivity contribution is 0.0810. The second-order valence-electron chi connectivity index (χ2n) is 7.64. The lowest BCUT2D eigenvalue weighted by Crippen LogP contribution is -2.36. The number of pyridine rings is 1. The minimum absolute atomic E-state index is 0.615. The van der Waals surface area contributed by atoms with Crippen molar-refractivity contribution in [3.8, 4) is 11.3 Å². The van der Waals surface area contributed by atoms with Crippen LogP contribution < -0.4 is 15.5 Å². The number of ether oxygens (including phenoxy) is 1. The summed E-state index contributed by atoms with van der Waals surface area (Å²) in [5.74, 6) is 0.935. The highest BCUT2D eigenvalue weighted by Gasteiger charge is 2.14. The first kappa shape index (κ1) is 19.3. The van der Waals surface area contributed by atoms with Crippen LogP contribution in [0.2, 0.25) is 0 Å². The topological polar surface area (TPSA) is 74.3 Å². The first-order valence-electron chi connectivity index (χ1n) is 9.26. The number of hydrogen-bond acceptors (Lipinski definition) is 5. The molecular formula is C21H28N4O2. The first-order chi connectivity index (χ1) is 12.8. The van der Waals surface area contributed by atoms with Gasteiger partial charge >= 0.3 is 0 Å². The van der Waals surface area contributed by atoms with Crippen LogP contribution in [0.15, 0.2) is 30.0 Å². The van der Waals surface area contributed by atoms with Crippen LogP contribution in [-0.2, 0) is 4.74 Å². The average Bonchev–Trinajstić information content (AvgIpc) is 3.00. The van der Waals surface area contributed by atoms with Gasteiger partial charge in [0.05, 0.1) is 29.9 Å². The predicted octanol–water partition coefficient (Wildman–Crippen LogP) is 1.61. The number of H-pyrrole nitrogens is 1. The van der Waals surface area contributed by atoms with E-state index in [1.807, 2.05) is 31.3 Å². The number of allylic oxidation sites excluding steroid dienone is 1. The first-order valence-corrected chi connectivity index (χ1v) is 9.26. The van der Waals surface area contributed by atoms with Crippen molar-refractivity contribution in [1.82, 2.24) is 15.2 Å². The maximum Gasteiger partial charge on any atom is 0.129 e. The largest absolute Gasteiger partial charge is 0.390 e. The summed E-state index contributed by atoms with van der Waals surface area (Å²) in [6.45, 7) is 13.0. The third-order valence-electron chi connectivity index (χ3n) is 4.50. The van der Waals surface area contributed by atoms with E-state index in [-0.39, 0.29) is 0 Å². The molecule has 3 rings (SSSR count). The summed E-state index contributed by atoms with van der Waals surface area (Å²) in [6.07, 6.45) is 6.38. The van der Waals surface area contributed by atoms with Gasteiger partial charge in [-0.2, -0.15) is 5.10 Å². The van der Waals surface area contributed by atoms with Crippen molar-refractivity contribution in [1.29, 1.82) is 0 Å². The Morgan fingerprint density at radius 3 is 2.85 bits per heavy atom. The van der Waals surface area contributed by atoms with Crippen LogP contribution in [0.3, 0.4) is 0 Å². The zero-order valence-corrected chi connectivity index (χ0v) is 16.3. The molecule has 2 aromatic rings. The van der Waals surface area contributed by atoms with Crippen molar-refractivity contribution >= 4 is 18.5 Å². The van der Waals surface area contributed by atoms with E-state index in [1.165, 1.54) is 0 Å². The Bertz CT molecular complexity index is 918. The quantitative estimate of drug-likeness (QED) is 0.839. The van der Waals surface area contributed by atoms with Gasteiger partial charge in [-0.25, -0.2) is 4.98 Å². The molecule has 1 aliphatic rings. The highest BCUT2D eigenvalue weighted by atomic mass is 16.5. The predicted molar refractivity (Wildman–Crippen MR) is 109 cm³/mol. The Morgan fingerprint density at radius 2 is 2.15 bits per heavy atom. The third kappa shape index (κ3) is 5.05. The van der Waals surface area contributed by atoms with Crippen molar-refractivity contribution in [2.45, 2.75) is 32.8 Å². The van der Waals surface area contributed by atoms with Crippen LogP contribution >= 0.6 is 0 Å². The number of anilines is 1.